The Balaban J connectivity index is 2.90. The summed E-state index contributed by atoms with van der Waals surface area (Å²) in [4.78, 5) is 24.8. The second-order valence-corrected chi connectivity index (χ2v) is 15.0. The Morgan fingerprint density at radius 1 is 1.15 bits per heavy atom. The first-order chi connectivity index (χ1) is 12.3. The van der Waals surface area contributed by atoms with E-state index in [9.17, 15) is 9.59 Å². The smallest absolute Gasteiger partial charge is 0.408 e. The lowest BCUT2D eigenvalue weighted by Gasteiger charge is -2.27. The summed E-state index contributed by atoms with van der Waals surface area (Å²) >= 11 is 5.96. The fourth-order valence-electron chi connectivity index (χ4n) is 2.33. The number of carbonyl (C=O) groups is 2. The van der Waals surface area contributed by atoms with Crippen LogP contribution in [-0.2, 0) is 14.3 Å². The van der Waals surface area contributed by atoms with E-state index in [0.29, 0.717) is 11.6 Å². The minimum absolute atomic E-state index is 0.343. The zero-order valence-electron chi connectivity index (χ0n) is 17.4. The molecule has 0 aliphatic carbocycles. The van der Waals surface area contributed by atoms with Gasteiger partial charge in [-0.15, -0.1) is 0 Å². The zero-order valence-corrected chi connectivity index (χ0v) is 19.1. The van der Waals surface area contributed by atoms with Crippen molar-refractivity contribution in [2.45, 2.75) is 65.0 Å². The largest absolute Gasteiger partial charge is 0.466 e. The van der Waals surface area contributed by atoms with Gasteiger partial charge in [-0.2, -0.15) is 0 Å². The van der Waals surface area contributed by atoms with Gasteiger partial charge in [0.15, 0.2) is 0 Å². The topological polar surface area (TPSA) is 64.6 Å². The predicted octanol–water partition coefficient (Wildman–Crippen LogP) is 5.42. The van der Waals surface area contributed by atoms with E-state index in [4.69, 9.17) is 21.1 Å². The molecular weight excluding hydrogens is 382 g/mol. The standard InChI is InChI=1S/C20H32ClNO4Si/c1-14(18(23)25-12-13-27(5,6)7)17(15-8-10-16(21)11-9-15)22-19(24)26-20(2,3)4/h8-11,14,17H,12-13H2,1-7H3,(H,22,24)/t14-,17-/m0/s1. The summed E-state index contributed by atoms with van der Waals surface area (Å²) in [6.07, 6.45) is -0.579. The van der Waals surface area contributed by atoms with Crippen molar-refractivity contribution in [2.24, 2.45) is 5.92 Å². The molecule has 27 heavy (non-hydrogen) atoms. The molecule has 7 heteroatoms. The molecule has 1 aromatic rings. The number of carbonyl (C=O) groups excluding carboxylic acids is 2. The molecule has 0 radical (unpaired) electrons. The highest BCUT2D eigenvalue weighted by atomic mass is 35.5. The molecule has 0 aliphatic rings. The molecule has 2 atom stereocenters. The first-order valence-electron chi connectivity index (χ1n) is 9.20. The van der Waals surface area contributed by atoms with E-state index < -0.39 is 31.7 Å². The van der Waals surface area contributed by atoms with Gasteiger partial charge in [0.05, 0.1) is 18.6 Å². The van der Waals surface area contributed by atoms with Crippen molar-refractivity contribution in [1.82, 2.24) is 5.32 Å². The molecule has 1 rings (SSSR count). The van der Waals surface area contributed by atoms with Crippen LogP contribution in [0.3, 0.4) is 0 Å². The number of rotatable bonds is 7. The van der Waals surface area contributed by atoms with Crippen molar-refractivity contribution in [3.05, 3.63) is 34.9 Å². The van der Waals surface area contributed by atoms with E-state index in [2.05, 4.69) is 25.0 Å². The van der Waals surface area contributed by atoms with Crippen LogP contribution >= 0.6 is 11.6 Å². The van der Waals surface area contributed by atoms with Crippen molar-refractivity contribution >= 4 is 31.7 Å². The summed E-state index contributed by atoms with van der Waals surface area (Å²) in [5, 5.41) is 3.38. The van der Waals surface area contributed by atoms with Gasteiger partial charge in [-0.05, 0) is 51.4 Å². The van der Waals surface area contributed by atoms with Gasteiger partial charge in [0, 0.05) is 13.1 Å². The first-order valence-corrected chi connectivity index (χ1v) is 13.3. The second kappa shape index (κ2) is 9.60. The van der Waals surface area contributed by atoms with Crippen molar-refractivity contribution in [3.63, 3.8) is 0 Å². The van der Waals surface area contributed by atoms with Crippen molar-refractivity contribution in [2.75, 3.05) is 6.61 Å². The number of hydrogen-bond donors (Lipinski definition) is 1. The molecule has 152 valence electrons. The highest BCUT2D eigenvalue weighted by Crippen LogP contribution is 2.25. The number of benzene rings is 1. The summed E-state index contributed by atoms with van der Waals surface area (Å²) in [5.41, 5.74) is 0.135. The summed E-state index contributed by atoms with van der Waals surface area (Å²) in [6.45, 7) is 14.2. The maximum absolute atomic E-state index is 12.6. The van der Waals surface area contributed by atoms with Crippen LogP contribution in [0.4, 0.5) is 4.79 Å². The molecule has 1 amide bonds. The zero-order chi connectivity index (χ0) is 20.8. The molecule has 1 N–H and O–H groups in total. The number of nitrogens with one attached hydrogen (secondary N) is 1. The van der Waals surface area contributed by atoms with Crippen LogP contribution < -0.4 is 5.32 Å². The fraction of sp³-hybridized carbons (Fsp3) is 0.600. The molecule has 0 aliphatic heterocycles. The molecule has 0 saturated heterocycles. The molecule has 0 bridgehead atoms. The van der Waals surface area contributed by atoms with E-state index >= 15 is 0 Å². The van der Waals surface area contributed by atoms with E-state index in [1.165, 1.54) is 0 Å². The van der Waals surface area contributed by atoms with Gasteiger partial charge in [0.2, 0.25) is 0 Å². The number of esters is 1. The number of hydrogen-bond acceptors (Lipinski definition) is 4. The number of alkyl carbamates (subject to hydrolysis) is 1. The molecular formula is C20H32ClNO4Si. The number of ether oxygens (including phenoxy) is 2. The summed E-state index contributed by atoms with van der Waals surface area (Å²) in [6, 6.07) is 7.35. The molecule has 0 heterocycles. The third-order valence-corrected chi connectivity index (χ3v) is 5.83. The summed E-state index contributed by atoms with van der Waals surface area (Å²) in [7, 11) is -1.29. The Labute approximate surface area is 168 Å². The molecule has 1 aromatic carbocycles. The molecule has 5 nitrogen and oxygen atoms in total. The summed E-state index contributed by atoms with van der Waals surface area (Å²) < 4.78 is 10.8. The second-order valence-electron chi connectivity index (χ2n) is 8.94. The number of amides is 1. The van der Waals surface area contributed by atoms with Crippen molar-refractivity contribution < 1.29 is 19.1 Å². The molecule has 0 saturated carbocycles. The number of halogens is 1. The van der Waals surface area contributed by atoms with Crippen LogP contribution in [0.2, 0.25) is 30.7 Å². The lowest BCUT2D eigenvalue weighted by molar-refractivity contribution is -0.148. The van der Waals surface area contributed by atoms with Crippen molar-refractivity contribution in [3.8, 4) is 0 Å². The third kappa shape index (κ3) is 9.29. The minimum atomic E-state index is -1.29. The lowest BCUT2D eigenvalue weighted by Crippen LogP contribution is -2.39. The molecule has 0 unspecified atom stereocenters. The lowest BCUT2D eigenvalue weighted by atomic mass is 9.94. The highest BCUT2D eigenvalue weighted by molar-refractivity contribution is 6.76. The van der Waals surface area contributed by atoms with Crippen molar-refractivity contribution in [1.29, 1.82) is 0 Å². The van der Waals surface area contributed by atoms with Crippen LogP contribution in [0.15, 0.2) is 24.3 Å². The monoisotopic (exact) mass is 413 g/mol. The van der Waals surface area contributed by atoms with Gasteiger partial charge in [0.1, 0.15) is 5.60 Å². The maximum Gasteiger partial charge on any atom is 0.408 e. The fourth-order valence-corrected chi connectivity index (χ4v) is 3.17. The SMILES string of the molecule is C[C@H](C(=O)OCC[Si](C)(C)C)[C@H](NC(=O)OC(C)(C)C)c1ccc(Cl)cc1. The van der Waals surface area contributed by atoms with Gasteiger partial charge in [-0.1, -0.05) is 43.4 Å². The normalized spacial score (nSPS) is 14.2. The Morgan fingerprint density at radius 3 is 2.19 bits per heavy atom. The maximum atomic E-state index is 12.6. The molecule has 0 aromatic heterocycles. The summed E-state index contributed by atoms with van der Waals surface area (Å²) in [5.74, 6) is -0.912. The van der Waals surface area contributed by atoms with Gasteiger partial charge in [0.25, 0.3) is 0 Å². The predicted molar refractivity (Wildman–Crippen MR) is 112 cm³/mol. The Hall–Kier alpha value is -1.53. The molecule has 0 spiro atoms. The van der Waals surface area contributed by atoms with Gasteiger partial charge >= 0.3 is 12.1 Å². The van der Waals surface area contributed by atoms with Crippen LogP contribution in [0.5, 0.6) is 0 Å². The average molecular weight is 414 g/mol. The highest BCUT2D eigenvalue weighted by Gasteiger charge is 2.30. The Kier molecular flexibility index (Phi) is 8.36. The quantitative estimate of drug-likeness (QED) is 0.478. The third-order valence-electron chi connectivity index (χ3n) is 3.87. The molecule has 0 fully saturated rings. The van der Waals surface area contributed by atoms with Gasteiger partial charge in [-0.3, -0.25) is 4.79 Å². The Bertz CT molecular complexity index is 635. The van der Waals surface area contributed by atoms with Crippen LogP contribution in [0, 0.1) is 5.92 Å². The van der Waals surface area contributed by atoms with E-state index in [-0.39, 0.29) is 5.97 Å². The minimum Gasteiger partial charge on any atom is -0.466 e. The van der Waals surface area contributed by atoms with E-state index in [0.717, 1.165) is 11.6 Å². The van der Waals surface area contributed by atoms with Crippen LogP contribution in [0.1, 0.15) is 39.3 Å². The average Bonchev–Trinajstić information content (AvgIpc) is 2.50. The van der Waals surface area contributed by atoms with Crippen LogP contribution in [-0.4, -0.2) is 32.3 Å². The van der Waals surface area contributed by atoms with Gasteiger partial charge < -0.3 is 14.8 Å². The first kappa shape index (κ1) is 23.5. The van der Waals surface area contributed by atoms with Crippen LogP contribution in [0.25, 0.3) is 0 Å². The van der Waals surface area contributed by atoms with E-state index in [1.807, 2.05) is 0 Å². The van der Waals surface area contributed by atoms with E-state index in [1.54, 1.807) is 52.0 Å². The Morgan fingerprint density at radius 2 is 1.70 bits per heavy atom. The van der Waals surface area contributed by atoms with Gasteiger partial charge in [-0.25, -0.2) is 4.79 Å².